The van der Waals surface area contributed by atoms with Crippen molar-refractivity contribution in [1.29, 1.82) is 0 Å². The number of hydrogen-bond donors (Lipinski definition) is 2. The number of carboxylic acids is 2. The largest absolute Gasteiger partial charge is 0.478 e. The molecule has 0 saturated carbocycles. The molecular weight excluding hydrogens is 480 g/mol. The van der Waals surface area contributed by atoms with Gasteiger partial charge in [-0.15, -0.1) is 0 Å². The van der Waals surface area contributed by atoms with E-state index in [1.807, 2.05) is 0 Å². The van der Waals surface area contributed by atoms with Gasteiger partial charge in [0, 0.05) is 23.3 Å². The van der Waals surface area contributed by atoms with Gasteiger partial charge in [-0.1, -0.05) is 18.2 Å². The maximum Gasteiger partial charge on any atom is 0.335 e. The van der Waals surface area contributed by atoms with E-state index in [2.05, 4.69) is 0 Å². The predicted molar refractivity (Wildman–Crippen MR) is 123 cm³/mol. The van der Waals surface area contributed by atoms with Crippen molar-refractivity contribution >= 4 is 46.6 Å². The normalized spacial score (nSPS) is 14.5. The maximum absolute atomic E-state index is 12.8. The van der Waals surface area contributed by atoms with Crippen molar-refractivity contribution < 1.29 is 38.7 Å². The first kappa shape index (κ1) is 23.4. The van der Waals surface area contributed by atoms with Gasteiger partial charge in [-0.3, -0.25) is 24.6 Å². The number of hydrogen-bond acceptors (Lipinski definition) is 8. The van der Waals surface area contributed by atoms with Gasteiger partial charge in [-0.05, 0) is 42.1 Å². The van der Waals surface area contributed by atoms with Crippen molar-refractivity contribution in [3.8, 4) is 11.3 Å². The third-order valence-electron chi connectivity index (χ3n) is 5.00. The number of thioether (sulfide) groups is 1. The number of nitro benzene ring substituents is 1. The lowest BCUT2D eigenvalue weighted by Gasteiger charge is -2.12. The standard InChI is InChI=1S/C23H14N2O9S/c26-20-19(35-23(31)24(20)11-12-3-1-2-4-17(12)25(32)33)10-16-5-6-18(34-16)13-7-14(21(27)28)9-15(8-13)22(29)30/h1-10H,11H2,(H,27,28)(H,29,30)/b19-10-. The topological polar surface area (TPSA) is 168 Å². The number of rotatable bonds is 7. The summed E-state index contributed by atoms with van der Waals surface area (Å²) in [6, 6.07) is 12.2. The van der Waals surface area contributed by atoms with E-state index in [1.54, 1.807) is 6.07 Å². The number of amides is 2. The predicted octanol–water partition coefficient (Wildman–Crippen LogP) is 4.49. The molecule has 1 fully saturated rings. The molecule has 3 aromatic rings. The van der Waals surface area contributed by atoms with Crippen molar-refractivity contribution in [3.63, 3.8) is 0 Å². The molecule has 2 N–H and O–H groups in total. The van der Waals surface area contributed by atoms with Crippen LogP contribution >= 0.6 is 11.8 Å². The van der Waals surface area contributed by atoms with Crippen molar-refractivity contribution in [3.05, 3.63) is 92.1 Å². The van der Waals surface area contributed by atoms with Crippen LogP contribution in [-0.2, 0) is 11.3 Å². The first-order valence-electron chi connectivity index (χ1n) is 9.83. The molecule has 0 radical (unpaired) electrons. The zero-order valence-corrected chi connectivity index (χ0v) is 18.4. The Bertz CT molecular complexity index is 1410. The smallest absolute Gasteiger partial charge is 0.335 e. The number of imide groups is 1. The van der Waals surface area contributed by atoms with Gasteiger partial charge in [-0.2, -0.15) is 0 Å². The SMILES string of the molecule is O=C(O)c1cc(C(=O)O)cc(-c2ccc(/C=C3\SC(=O)N(Cc4ccccc4[N+](=O)[O-])C3=O)o2)c1. The lowest BCUT2D eigenvalue weighted by atomic mass is 10.0. The Labute approximate surface area is 200 Å². The van der Waals surface area contributed by atoms with Gasteiger partial charge in [0.2, 0.25) is 0 Å². The zero-order valence-electron chi connectivity index (χ0n) is 17.5. The molecule has 176 valence electrons. The van der Waals surface area contributed by atoms with Crippen molar-refractivity contribution in [1.82, 2.24) is 4.90 Å². The fourth-order valence-electron chi connectivity index (χ4n) is 3.36. The lowest BCUT2D eigenvalue weighted by molar-refractivity contribution is -0.385. The number of carbonyl (C=O) groups is 4. The van der Waals surface area contributed by atoms with Crippen LogP contribution in [0, 0.1) is 10.1 Å². The number of carbonyl (C=O) groups excluding carboxylic acids is 2. The Hall–Kier alpha value is -4.71. The minimum atomic E-state index is -1.31. The summed E-state index contributed by atoms with van der Waals surface area (Å²) in [5.74, 6) is -2.96. The first-order chi connectivity index (χ1) is 16.6. The van der Waals surface area contributed by atoms with Crippen LogP contribution in [0.4, 0.5) is 10.5 Å². The fourth-order valence-corrected chi connectivity index (χ4v) is 4.18. The quantitative estimate of drug-likeness (QED) is 0.271. The molecule has 0 aliphatic carbocycles. The Balaban J connectivity index is 1.60. The summed E-state index contributed by atoms with van der Waals surface area (Å²) in [5, 5.41) is 29.1. The zero-order chi connectivity index (χ0) is 25.3. The van der Waals surface area contributed by atoms with E-state index in [9.17, 15) is 39.5 Å². The summed E-state index contributed by atoms with van der Waals surface area (Å²) >= 11 is 0.641. The average molecular weight is 494 g/mol. The minimum Gasteiger partial charge on any atom is -0.478 e. The van der Waals surface area contributed by atoms with E-state index in [-0.39, 0.29) is 50.9 Å². The highest BCUT2D eigenvalue weighted by molar-refractivity contribution is 8.18. The molecule has 1 aliphatic rings. The minimum absolute atomic E-state index is 0.0278. The fraction of sp³-hybridized carbons (Fsp3) is 0.0435. The van der Waals surface area contributed by atoms with Crippen molar-refractivity contribution in [2.75, 3.05) is 0 Å². The molecule has 0 spiro atoms. The highest BCUT2D eigenvalue weighted by Gasteiger charge is 2.36. The molecule has 0 bridgehead atoms. The number of furan rings is 1. The van der Waals surface area contributed by atoms with E-state index >= 15 is 0 Å². The summed E-state index contributed by atoms with van der Waals surface area (Å²) in [6.07, 6.45) is 1.31. The van der Waals surface area contributed by atoms with Gasteiger partial charge in [-0.25, -0.2) is 9.59 Å². The third kappa shape index (κ3) is 4.82. The van der Waals surface area contributed by atoms with Crippen LogP contribution in [0.25, 0.3) is 17.4 Å². The van der Waals surface area contributed by atoms with Gasteiger partial charge in [0.05, 0.1) is 27.5 Å². The van der Waals surface area contributed by atoms with Gasteiger partial charge in [0.25, 0.3) is 16.8 Å². The number of nitrogens with zero attached hydrogens (tertiary/aromatic N) is 2. The van der Waals surface area contributed by atoms with Gasteiger partial charge < -0.3 is 14.6 Å². The Morgan fingerprint density at radius 2 is 1.69 bits per heavy atom. The molecule has 4 rings (SSSR count). The number of benzene rings is 2. The second kappa shape index (κ2) is 9.27. The third-order valence-corrected chi connectivity index (χ3v) is 5.91. The van der Waals surface area contributed by atoms with Crippen LogP contribution in [0.2, 0.25) is 0 Å². The van der Waals surface area contributed by atoms with E-state index < -0.39 is 28.0 Å². The molecule has 11 nitrogen and oxygen atoms in total. The van der Waals surface area contributed by atoms with E-state index in [0.29, 0.717) is 11.8 Å². The molecule has 1 aliphatic heterocycles. The van der Waals surface area contributed by atoms with E-state index in [0.717, 1.165) is 11.0 Å². The van der Waals surface area contributed by atoms with E-state index in [4.69, 9.17) is 4.42 Å². The summed E-state index contributed by atoms with van der Waals surface area (Å²) < 4.78 is 5.64. The van der Waals surface area contributed by atoms with Crippen LogP contribution in [-0.4, -0.2) is 43.1 Å². The van der Waals surface area contributed by atoms with Crippen molar-refractivity contribution in [2.45, 2.75) is 6.54 Å². The molecular formula is C23H14N2O9S. The van der Waals surface area contributed by atoms with Gasteiger partial charge >= 0.3 is 11.9 Å². The Kier molecular flexibility index (Phi) is 6.21. The molecule has 1 saturated heterocycles. The summed E-state index contributed by atoms with van der Waals surface area (Å²) in [6.45, 7) is -0.275. The highest BCUT2D eigenvalue weighted by atomic mass is 32.2. The Morgan fingerprint density at radius 1 is 1.03 bits per heavy atom. The van der Waals surface area contributed by atoms with Gasteiger partial charge in [0.1, 0.15) is 11.5 Å². The second-order valence-electron chi connectivity index (χ2n) is 7.27. The lowest BCUT2D eigenvalue weighted by Crippen LogP contribution is -2.27. The number of carboxylic acid groups (broad SMARTS) is 2. The summed E-state index contributed by atoms with van der Waals surface area (Å²) in [4.78, 5) is 59.4. The Morgan fingerprint density at radius 3 is 2.31 bits per heavy atom. The number of aromatic carboxylic acids is 2. The molecule has 35 heavy (non-hydrogen) atoms. The second-order valence-corrected chi connectivity index (χ2v) is 8.26. The molecule has 2 aromatic carbocycles. The van der Waals surface area contributed by atoms with Crippen LogP contribution in [0.3, 0.4) is 0 Å². The molecule has 2 amide bonds. The maximum atomic E-state index is 12.8. The molecule has 0 unspecified atom stereocenters. The van der Waals surface area contributed by atoms with Crippen LogP contribution < -0.4 is 0 Å². The molecule has 12 heteroatoms. The van der Waals surface area contributed by atoms with Crippen LogP contribution in [0.1, 0.15) is 32.0 Å². The van der Waals surface area contributed by atoms with E-state index in [1.165, 1.54) is 48.5 Å². The van der Waals surface area contributed by atoms with Crippen LogP contribution in [0.5, 0.6) is 0 Å². The molecule has 2 heterocycles. The molecule has 0 atom stereocenters. The van der Waals surface area contributed by atoms with Gasteiger partial charge in [0.15, 0.2) is 0 Å². The summed E-state index contributed by atoms with van der Waals surface area (Å²) in [5.41, 5.74) is -0.293. The first-order valence-corrected chi connectivity index (χ1v) is 10.6. The number of para-hydroxylation sites is 1. The summed E-state index contributed by atoms with van der Waals surface area (Å²) in [7, 11) is 0. The van der Waals surface area contributed by atoms with Crippen molar-refractivity contribution in [2.24, 2.45) is 0 Å². The number of nitro groups is 1. The highest BCUT2D eigenvalue weighted by Crippen LogP contribution is 2.35. The average Bonchev–Trinajstić information content (AvgIpc) is 3.39. The molecule has 1 aromatic heterocycles. The monoisotopic (exact) mass is 494 g/mol. The van der Waals surface area contributed by atoms with Crippen LogP contribution in [0.15, 0.2) is 63.9 Å².